The van der Waals surface area contributed by atoms with Crippen molar-refractivity contribution < 1.29 is 4.74 Å². The molecule has 2 aromatic heterocycles. The molecular formula is C15H18BrN3O. The van der Waals surface area contributed by atoms with Crippen LogP contribution in [0.5, 0.6) is 0 Å². The molecule has 1 aliphatic rings. The summed E-state index contributed by atoms with van der Waals surface area (Å²) in [7, 11) is 0. The van der Waals surface area contributed by atoms with Crippen LogP contribution >= 0.6 is 15.9 Å². The average Bonchev–Trinajstić information content (AvgIpc) is 2.98. The van der Waals surface area contributed by atoms with Crippen molar-refractivity contribution in [2.24, 2.45) is 0 Å². The lowest BCUT2D eigenvalue weighted by molar-refractivity contribution is -0.0394. The van der Waals surface area contributed by atoms with Crippen LogP contribution in [-0.2, 0) is 11.2 Å². The maximum atomic E-state index is 5.74. The third-order valence-electron chi connectivity index (χ3n) is 3.66. The summed E-state index contributed by atoms with van der Waals surface area (Å²) in [5, 5.41) is 4.42. The van der Waals surface area contributed by atoms with Crippen molar-refractivity contribution in [2.45, 2.75) is 38.8 Å². The minimum atomic E-state index is 0.0795. The van der Waals surface area contributed by atoms with Crippen molar-refractivity contribution in [1.82, 2.24) is 14.8 Å². The number of hydrogen-bond donors (Lipinski definition) is 0. The molecule has 0 aromatic carbocycles. The fourth-order valence-electron chi connectivity index (χ4n) is 2.44. The molecule has 1 aliphatic heterocycles. The normalized spacial score (nSPS) is 19.2. The Kier molecular flexibility index (Phi) is 4.17. The van der Waals surface area contributed by atoms with Crippen LogP contribution < -0.4 is 0 Å². The summed E-state index contributed by atoms with van der Waals surface area (Å²) in [5.74, 6) is 0. The minimum absolute atomic E-state index is 0.0795. The van der Waals surface area contributed by atoms with E-state index in [4.69, 9.17) is 4.74 Å². The summed E-state index contributed by atoms with van der Waals surface area (Å²) in [6, 6.07) is 2.06. The molecule has 0 saturated carbocycles. The van der Waals surface area contributed by atoms with E-state index < -0.39 is 0 Å². The second-order valence-corrected chi connectivity index (χ2v) is 5.90. The summed E-state index contributed by atoms with van der Waals surface area (Å²) < 4.78 is 8.76. The molecule has 0 N–H and O–H groups in total. The molecule has 106 valence electrons. The van der Waals surface area contributed by atoms with Gasteiger partial charge in [0.25, 0.3) is 0 Å². The molecule has 4 nitrogen and oxygen atoms in total. The van der Waals surface area contributed by atoms with Gasteiger partial charge in [-0.2, -0.15) is 5.10 Å². The van der Waals surface area contributed by atoms with E-state index in [9.17, 15) is 0 Å². The molecule has 1 unspecified atom stereocenters. The zero-order valence-electron chi connectivity index (χ0n) is 11.6. The fourth-order valence-corrected chi connectivity index (χ4v) is 3.04. The SMILES string of the molecule is CCc1cnc(-c2cnn(C3CCCCO3)c2)cc1Br. The number of hydrogen-bond acceptors (Lipinski definition) is 3. The van der Waals surface area contributed by atoms with E-state index in [1.165, 1.54) is 12.0 Å². The Balaban J connectivity index is 1.84. The quantitative estimate of drug-likeness (QED) is 0.851. The lowest BCUT2D eigenvalue weighted by atomic mass is 10.1. The van der Waals surface area contributed by atoms with Gasteiger partial charge in [0, 0.05) is 29.0 Å². The van der Waals surface area contributed by atoms with E-state index in [1.807, 2.05) is 23.3 Å². The molecule has 1 atom stereocenters. The van der Waals surface area contributed by atoms with Crippen LogP contribution in [0.3, 0.4) is 0 Å². The van der Waals surface area contributed by atoms with Crippen LogP contribution in [0.4, 0.5) is 0 Å². The summed E-state index contributed by atoms with van der Waals surface area (Å²) in [4.78, 5) is 4.51. The second kappa shape index (κ2) is 6.06. The van der Waals surface area contributed by atoms with Gasteiger partial charge in [-0.15, -0.1) is 0 Å². The Hall–Kier alpha value is -1.20. The number of rotatable bonds is 3. The standard InChI is InChI=1S/C15H18BrN3O/c1-2-11-8-17-14(7-13(11)16)12-9-18-19(10-12)15-5-3-4-6-20-15/h7-10,15H,2-6H2,1H3. The fraction of sp³-hybridized carbons (Fsp3) is 0.467. The van der Waals surface area contributed by atoms with Gasteiger partial charge in [-0.05, 0) is 37.3 Å². The number of nitrogens with zero attached hydrogens (tertiary/aromatic N) is 3. The van der Waals surface area contributed by atoms with Gasteiger partial charge in [0.2, 0.25) is 0 Å². The van der Waals surface area contributed by atoms with Crippen molar-refractivity contribution in [3.05, 3.63) is 34.7 Å². The van der Waals surface area contributed by atoms with E-state index in [0.717, 1.165) is 41.6 Å². The molecule has 1 saturated heterocycles. The van der Waals surface area contributed by atoms with E-state index in [-0.39, 0.29) is 6.23 Å². The number of pyridine rings is 1. The molecule has 1 fully saturated rings. The largest absolute Gasteiger partial charge is 0.357 e. The first-order valence-electron chi connectivity index (χ1n) is 7.08. The number of aryl methyl sites for hydroxylation is 1. The summed E-state index contributed by atoms with van der Waals surface area (Å²) >= 11 is 3.60. The predicted molar refractivity (Wildman–Crippen MR) is 81.4 cm³/mol. The molecule has 5 heteroatoms. The highest BCUT2D eigenvalue weighted by Crippen LogP contribution is 2.26. The number of halogens is 1. The van der Waals surface area contributed by atoms with E-state index in [1.54, 1.807) is 0 Å². The molecule has 0 radical (unpaired) electrons. The van der Waals surface area contributed by atoms with Crippen LogP contribution in [0.1, 0.15) is 38.0 Å². The molecule has 2 aromatic rings. The highest BCUT2D eigenvalue weighted by atomic mass is 79.9. The average molecular weight is 336 g/mol. The van der Waals surface area contributed by atoms with Gasteiger partial charge >= 0.3 is 0 Å². The van der Waals surface area contributed by atoms with Gasteiger partial charge in [-0.3, -0.25) is 4.98 Å². The Morgan fingerprint density at radius 1 is 1.40 bits per heavy atom. The summed E-state index contributed by atoms with van der Waals surface area (Å²) in [6.45, 7) is 2.95. The van der Waals surface area contributed by atoms with Crippen LogP contribution in [0.15, 0.2) is 29.1 Å². The van der Waals surface area contributed by atoms with E-state index in [0.29, 0.717) is 0 Å². The zero-order valence-corrected chi connectivity index (χ0v) is 13.1. The van der Waals surface area contributed by atoms with Gasteiger partial charge in [0.05, 0.1) is 11.9 Å². The lowest BCUT2D eigenvalue weighted by Crippen LogP contribution is -2.18. The van der Waals surface area contributed by atoms with Crippen molar-refractivity contribution in [1.29, 1.82) is 0 Å². The van der Waals surface area contributed by atoms with Crippen molar-refractivity contribution in [3.63, 3.8) is 0 Å². The first-order valence-corrected chi connectivity index (χ1v) is 7.88. The third kappa shape index (κ3) is 2.79. The maximum Gasteiger partial charge on any atom is 0.150 e. The van der Waals surface area contributed by atoms with Crippen LogP contribution in [0.2, 0.25) is 0 Å². The Morgan fingerprint density at radius 3 is 3.00 bits per heavy atom. The summed E-state index contributed by atoms with van der Waals surface area (Å²) in [6.07, 6.45) is 10.3. The van der Waals surface area contributed by atoms with Gasteiger partial charge in [0.1, 0.15) is 6.23 Å². The van der Waals surface area contributed by atoms with Crippen molar-refractivity contribution in [3.8, 4) is 11.3 Å². The summed E-state index contributed by atoms with van der Waals surface area (Å²) in [5.41, 5.74) is 3.19. The van der Waals surface area contributed by atoms with Crippen molar-refractivity contribution in [2.75, 3.05) is 6.61 Å². The molecule has 0 spiro atoms. The zero-order chi connectivity index (χ0) is 13.9. The number of ether oxygens (including phenoxy) is 1. The molecule has 3 rings (SSSR count). The van der Waals surface area contributed by atoms with Gasteiger partial charge in [-0.25, -0.2) is 4.68 Å². The molecule has 0 amide bonds. The first kappa shape index (κ1) is 13.8. The monoisotopic (exact) mass is 335 g/mol. The first-order chi connectivity index (χ1) is 9.78. The Morgan fingerprint density at radius 2 is 2.30 bits per heavy atom. The van der Waals surface area contributed by atoms with E-state index >= 15 is 0 Å². The maximum absolute atomic E-state index is 5.74. The molecular weight excluding hydrogens is 318 g/mol. The van der Waals surface area contributed by atoms with Crippen LogP contribution in [-0.4, -0.2) is 21.4 Å². The highest BCUT2D eigenvalue weighted by Gasteiger charge is 2.17. The van der Waals surface area contributed by atoms with Crippen LogP contribution in [0, 0.1) is 0 Å². The smallest absolute Gasteiger partial charge is 0.150 e. The van der Waals surface area contributed by atoms with Crippen molar-refractivity contribution >= 4 is 15.9 Å². The van der Waals surface area contributed by atoms with Gasteiger partial charge < -0.3 is 4.74 Å². The Bertz CT molecular complexity index is 591. The van der Waals surface area contributed by atoms with Gasteiger partial charge in [-0.1, -0.05) is 22.9 Å². The van der Waals surface area contributed by atoms with Gasteiger partial charge in [0.15, 0.2) is 0 Å². The molecule has 0 bridgehead atoms. The molecule has 0 aliphatic carbocycles. The highest BCUT2D eigenvalue weighted by molar-refractivity contribution is 9.10. The molecule has 3 heterocycles. The predicted octanol–water partition coefficient (Wildman–Crippen LogP) is 3.97. The van der Waals surface area contributed by atoms with E-state index in [2.05, 4.69) is 39.0 Å². The lowest BCUT2D eigenvalue weighted by Gasteiger charge is -2.22. The minimum Gasteiger partial charge on any atom is -0.357 e. The topological polar surface area (TPSA) is 39.9 Å². The number of aromatic nitrogens is 3. The third-order valence-corrected chi connectivity index (χ3v) is 4.40. The Labute approximate surface area is 127 Å². The second-order valence-electron chi connectivity index (χ2n) is 5.04. The van der Waals surface area contributed by atoms with Crippen LogP contribution in [0.25, 0.3) is 11.3 Å². The molecule has 20 heavy (non-hydrogen) atoms.